The molecule has 2 heterocycles. The van der Waals surface area contributed by atoms with Crippen molar-refractivity contribution >= 4 is 27.5 Å². The number of halogens is 1. The normalized spacial score (nSPS) is 16.5. The van der Waals surface area contributed by atoms with Gasteiger partial charge < -0.3 is 4.42 Å². The number of furan rings is 1. The summed E-state index contributed by atoms with van der Waals surface area (Å²) in [6.45, 7) is 4.11. The van der Waals surface area contributed by atoms with Gasteiger partial charge in [0.05, 0.1) is 11.8 Å². The fraction of sp³-hybridized carbons (Fsp3) is 0.182. The standard InChI is InChI=1S/C22H19BrN2O2/c1-14-6-8-16(9-7-14)18-13-19(17-5-3-4-15(2)12-17)25(24-18)22(26)20-10-11-21(23)27-20/h3-12,19H,13H2,1-2H3. The smallest absolute Gasteiger partial charge is 0.310 e. The average molecular weight is 423 g/mol. The molecule has 0 fully saturated rings. The number of carbonyl (C=O) groups is 1. The van der Waals surface area contributed by atoms with Crippen molar-refractivity contribution in [2.45, 2.75) is 26.3 Å². The van der Waals surface area contributed by atoms with Crippen LogP contribution >= 0.6 is 15.9 Å². The molecule has 4 nitrogen and oxygen atoms in total. The molecule has 136 valence electrons. The van der Waals surface area contributed by atoms with Gasteiger partial charge in [0.2, 0.25) is 0 Å². The van der Waals surface area contributed by atoms with E-state index in [0.29, 0.717) is 11.1 Å². The van der Waals surface area contributed by atoms with Crippen LogP contribution < -0.4 is 0 Å². The maximum Gasteiger partial charge on any atom is 0.310 e. The van der Waals surface area contributed by atoms with Crippen molar-refractivity contribution in [3.05, 3.63) is 93.3 Å². The van der Waals surface area contributed by atoms with Crippen molar-refractivity contribution in [1.82, 2.24) is 5.01 Å². The van der Waals surface area contributed by atoms with Gasteiger partial charge in [-0.3, -0.25) is 4.79 Å². The molecular formula is C22H19BrN2O2. The lowest BCUT2D eigenvalue weighted by Gasteiger charge is -2.21. The summed E-state index contributed by atoms with van der Waals surface area (Å²) in [4.78, 5) is 13.1. The summed E-state index contributed by atoms with van der Waals surface area (Å²) in [6.07, 6.45) is 0.667. The molecular weight excluding hydrogens is 404 g/mol. The van der Waals surface area contributed by atoms with Crippen LogP contribution in [0.4, 0.5) is 0 Å². The second-order valence-corrected chi connectivity index (χ2v) is 7.58. The minimum Gasteiger partial charge on any atom is -0.444 e. The van der Waals surface area contributed by atoms with Gasteiger partial charge >= 0.3 is 5.91 Å². The van der Waals surface area contributed by atoms with Crippen LogP contribution in [0.25, 0.3) is 0 Å². The zero-order valence-electron chi connectivity index (χ0n) is 15.1. The molecule has 0 bridgehead atoms. The number of rotatable bonds is 3. The van der Waals surface area contributed by atoms with E-state index in [0.717, 1.165) is 22.4 Å². The summed E-state index contributed by atoms with van der Waals surface area (Å²) >= 11 is 3.26. The lowest BCUT2D eigenvalue weighted by Crippen LogP contribution is -2.26. The van der Waals surface area contributed by atoms with Gasteiger partial charge in [0.1, 0.15) is 0 Å². The maximum absolute atomic E-state index is 13.1. The number of hydrogen-bond acceptors (Lipinski definition) is 3. The van der Waals surface area contributed by atoms with Gasteiger partial charge in [-0.25, -0.2) is 5.01 Å². The van der Waals surface area contributed by atoms with E-state index in [2.05, 4.69) is 71.3 Å². The molecule has 0 radical (unpaired) electrons. The molecule has 0 N–H and O–H groups in total. The van der Waals surface area contributed by atoms with Crippen LogP contribution in [-0.4, -0.2) is 16.6 Å². The molecule has 0 saturated carbocycles. The maximum atomic E-state index is 13.1. The van der Waals surface area contributed by atoms with Crippen molar-refractivity contribution < 1.29 is 9.21 Å². The summed E-state index contributed by atoms with van der Waals surface area (Å²) < 4.78 is 6.01. The minimum absolute atomic E-state index is 0.155. The van der Waals surface area contributed by atoms with Crippen molar-refractivity contribution in [1.29, 1.82) is 0 Å². The van der Waals surface area contributed by atoms with Gasteiger partial charge in [-0.2, -0.15) is 5.10 Å². The molecule has 3 aromatic rings. The fourth-order valence-electron chi connectivity index (χ4n) is 3.30. The van der Waals surface area contributed by atoms with E-state index >= 15 is 0 Å². The van der Waals surface area contributed by atoms with E-state index in [1.165, 1.54) is 5.56 Å². The molecule has 0 spiro atoms. The Labute approximate surface area is 166 Å². The van der Waals surface area contributed by atoms with E-state index in [-0.39, 0.29) is 17.7 Å². The molecule has 1 unspecified atom stereocenters. The number of hydrogen-bond donors (Lipinski definition) is 0. The lowest BCUT2D eigenvalue weighted by atomic mass is 9.97. The summed E-state index contributed by atoms with van der Waals surface area (Å²) in [5.41, 5.74) is 5.36. The first kappa shape index (κ1) is 17.7. The van der Waals surface area contributed by atoms with Crippen molar-refractivity contribution in [2.75, 3.05) is 0 Å². The highest BCUT2D eigenvalue weighted by atomic mass is 79.9. The van der Waals surface area contributed by atoms with Crippen LogP contribution in [0.3, 0.4) is 0 Å². The van der Waals surface area contributed by atoms with Crippen LogP contribution in [0, 0.1) is 13.8 Å². The first-order valence-corrected chi connectivity index (χ1v) is 9.60. The summed E-state index contributed by atoms with van der Waals surface area (Å²) in [5.74, 6) is 0.0303. The van der Waals surface area contributed by atoms with Gasteiger partial charge in [0.15, 0.2) is 10.4 Å². The van der Waals surface area contributed by atoms with Crippen LogP contribution in [0.2, 0.25) is 0 Å². The van der Waals surface area contributed by atoms with Crippen LogP contribution in [0.5, 0.6) is 0 Å². The zero-order chi connectivity index (χ0) is 19.0. The SMILES string of the molecule is Cc1ccc(C2=NN(C(=O)c3ccc(Br)o3)C(c3cccc(C)c3)C2)cc1. The Hall–Kier alpha value is -2.66. The van der Waals surface area contributed by atoms with Crippen LogP contribution in [0.1, 0.15) is 45.3 Å². The topological polar surface area (TPSA) is 45.8 Å². The molecule has 1 aromatic heterocycles. The van der Waals surface area contributed by atoms with Crippen LogP contribution in [-0.2, 0) is 0 Å². The molecule has 2 aromatic carbocycles. The predicted octanol–water partition coefficient (Wildman–Crippen LogP) is 5.65. The molecule has 1 atom stereocenters. The van der Waals surface area contributed by atoms with E-state index in [1.807, 2.05) is 12.1 Å². The molecule has 1 amide bonds. The molecule has 1 aliphatic rings. The molecule has 0 saturated heterocycles. The predicted molar refractivity (Wildman–Crippen MR) is 109 cm³/mol. The van der Waals surface area contributed by atoms with Gasteiger partial charge in [-0.1, -0.05) is 59.7 Å². The number of amides is 1. The first-order valence-electron chi connectivity index (χ1n) is 8.81. The van der Waals surface area contributed by atoms with Crippen molar-refractivity contribution in [3.63, 3.8) is 0 Å². The number of hydrazone groups is 1. The molecule has 1 aliphatic heterocycles. The van der Waals surface area contributed by atoms with E-state index in [4.69, 9.17) is 4.42 Å². The summed E-state index contributed by atoms with van der Waals surface area (Å²) in [6, 6.07) is 19.7. The first-order chi connectivity index (χ1) is 13.0. The number of carbonyl (C=O) groups excluding carboxylic acids is 1. The Morgan fingerprint density at radius 2 is 1.85 bits per heavy atom. The van der Waals surface area contributed by atoms with E-state index in [9.17, 15) is 4.79 Å². The second-order valence-electron chi connectivity index (χ2n) is 6.80. The molecule has 0 aliphatic carbocycles. The number of nitrogens with zero attached hydrogens (tertiary/aromatic N) is 2. The molecule has 4 rings (SSSR count). The molecule has 5 heteroatoms. The Balaban J connectivity index is 1.73. The third kappa shape index (κ3) is 3.60. The monoisotopic (exact) mass is 422 g/mol. The van der Waals surface area contributed by atoms with Crippen molar-refractivity contribution in [2.24, 2.45) is 5.10 Å². The largest absolute Gasteiger partial charge is 0.444 e. The Morgan fingerprint density at radius 1 is 1.07 bits per heavy atom. The van der Waals surface area contributed by atoms with Gasteiger partial charge in [0.25, 0.3) is 0 Å². The molecule has 27 heavy (non-hydrogen) atoms. The highest BCUT2D eigenvalue weighted by molar-refractivity contribution is 9.10. The third-order valence-electron chi connectivity index (χ3n) is 4.71. The third-order valence-corrected chi connectivity index (χ3v) is 5.14. The summed E-state index contributed by atoms with van der Waals surface area (Å²) in [5, 5.41) is 6.24. The Bertz CT molecular complexity index is 1020. The highest BCUT2D eigenvalue weighted by Crippen LogP contribution is 2.34. The fourth-order valence-corrected chi connectivity index (χ4v) is 3.60. The van der Waals surface area contributed by atoms with Gasteiger partial charge in [0, 0.05) is 6.42 Å². The van der Waals surface area contributed by atoms with Crippen LogP contribution in [0.15, 0.2) is 74.9 Å². The lowest BCUT2D eigenvalue weighted by molar-refractivity contribution is 0.0677. The minimum atomic E-state index is -0.241. The van der Waals surface area contributed by atoms with Gasteiger partial charge in [-0.05, 0) is 53.0 Å². The Morgan fingerprint density at radius 3 is 2.52 bits per heavy atom. The van der Waals surface area contributed by atoms with Gasteiger partial charge in [-0.15, -0.1) is 0 Å². The number of aryl methyl sites for hydroxylation is 2. The number of benzene rings is 2. The quantitative estimate of drug-likeness (QED) is 0.547. The van der Waals surface area contributed by atoms with Crippen molar-refractivity contribution in [3.8, 4) is 0 Å². The average Bonchev–Trinajstić information content (AvgIpc) is 3.28. The highest BCUT2D eigenvalue weighted by Gasteiger charge is 2.34. The Kier molecular flexibility index (Phi) is 4.70. The second kappa shape index (κ2) is 7.16. The van der Waals surface area contributed by atoms with E-state index < -0.39 is 0 Å². The summed E-state index contributed by atoms with van der Waals surface area (Å²) in [7, 11) is 0. The zero-order valence-corrected chi connectivity index (χ0v) is 16.7. The van der Waals surface area contributed by atoms with E-state index in [1.54, 1.807) is 17.1 Å².